The molecule has 3 heterocycles. The fraction of sp³-hybridized carbons (Fsp3) is 0.526. The summed E-state index contributed by atoms with van der Waals surface area (Å²) in [5.41, 5.74) is 5.89. The second kappa shape index (κ2) is 7.77. The molecule has 0 bridgehead atoms. The molecular formula is C19H26N4O5S. The smallest absolute Gasteiger partial charge is 0.276 e. The van der Waals surface area contributed by atoms with E-state index in [2.05, 4.69) is 15.5 Å². The van der Waals surface area contributed by atoms with Gasteiger partial charge >= 0.3 is 0 Å². The van der Waals surface area contributed by atoms with Crippen LogP contribution < -0.4 is 15.8 Å². The summed E-state index contributed by atoms with van der Waals surface area (Å²) >= 11 is 1.30. The van der Waals surface area contributed by atoms with Crippen molar-refractivity contribution in [3.05, 3.63) is 27.8 Å². The van der Waals surface area contributed by atoms with Crippen LogP contribution in [0.1, 0.15) is 59.0 Å². The van der Waals surface area contributed by atoms with E-state index in [1.165, 1.54) is 17.4 Å². The Bertz CT molecular complexity index is 931. The molecule has 4 N–H and O–H groups in total. The third-order valence-corrected chi connectivity index (χ3v) is 5.95. The van der Waals surface area contributed by atoms with E-state index in [9.17, 15) is 9.59 Å². The molecule has 2 amide bonds. The topological polar surface area (TPSA) is 129 Å². The molecule has 29 heavy (non-hydrogen) atoms. The molecule has 3 rings (SSSR count). The third-order valence-electron chi connectivity index (χ3n) is 4.49. The molecule has 158 valence electrons. The van der Waals surface area contributed by atoms with Gasteiger partial charge in [0.15, 0.2) is 5.69 Å². The van der Waals surface area contributed by atoms with Gasteiger partial charge in [0.1, 0.15) is 11.6 Å². The molecule has 9 nitrogen and oxygen atoms in total. The number of nitrogens with two attached hydrogens (primary N) is 1. The Morgan fingerprint density at radius 2 is 2.07 bits per heavy atom. The molecule has 0 unspecified atom stereocenters. The van der Waals surface area contributed by atoms with Crippen molar-refractivity contribution in [2.45, 2.75) is 45.3 Å². The second-order valence-corrected chi connectivity index (χ2v) is 8.96. The van der Waals surface area contributed by atoms with Crippen molar-refractivity contribution in [2.24, 2.45) is 5.73 Å². The van der Waals surface area contributed by atoms with E-state index in [1.807, 2.05) is 27.7 Å². The zero-order valence-electron chi connectivity index (χ0n) is 17.2. The third kappa shape index (κ3) is 4.44. The highest BCUT2D eigenvalue weighted by Crippen LogP contribution is 2.48. The molecule has 0 saturated carbocycles. The molecule has 2 aromatic heterocycles. The number of hydrogen-bond donors (Lipinski definition) is 3. The van der Waals surface area contributed by atoms with Gasteiger partial charge in [-0.05, 0) is 33.3 Å². The summed E-state index contributed by atoms with van der Waals surface area (Å²) in [6.45, 7) is 8.56. The van der Waals surface area contributed by atoms with E-state index in [4.69, 9.17) is 19.9 Å². The van der Waals surface area contributed by atoms with Crippen LogP contribution in [0.3, 0.4) is 0 Å². The van der Waals surface area contributed by atoms with Crippen molar-refractivity contribution < 1.29 is 23.8 Å². The summed E-state index contributed by atoms with van der Waals surface area (Å²) in [5.74, 6) is -0.706. The fourth-order valence-electron chi connectivity index (χ4n) is 3.56. The van der Waals surface area contributed by atoms with E-state index in [1.54, 1.807) is 7.11 Å². The van der Waals surface area contributed by atoms with E-state index in [-0.39, 0.29) is 5.69 Å². The molecule has 0 aromatic carbocycles. The number of anilines is 1. The first-order valence-corrected chi connectivity index (χ1v) is 10.0. The summed E-state index contributed by atoms with van der Waals surface area (Å²) in [6, 6.07) is 1.48. The van der Waals surface area contributed by atoms with Crippen LogP contribution in [0.5, 0.6) is 5.88 Å². The maximum absolute atomic E-state index is 12.7. The standard InChI is InChI=1S/C19H26N4O5S/c1-18(2)9-10-13(15(20)24)17(29-14(10)19(3,4)28-18)21-16(25)11-8-12(23-22-11)27-7-6-26-5/h8H,6-7,9H2,1-5H3,(H2,20,24)(H,21,25)(H,22,23). The highest BCUT2D eigenvalue weighted by atomic mass is 32.1. The lowest BCUT2D eigenvalue weighted by molar-refractivity contribution is -0.135. The quantitative estimate of drug-likeness (QED) is 0.588. The number of nitrogens with one attached hydrogen (secondary N) is 2. The lowest BCUT2D eigenvalue weighted by atomic mass is 9.86. The number of fused-ring (bicyclic) bond motifs is 1. The van der Waals surface area contributed by atoms with E-state index >= 15 is 0 Å². The largest absolute Gasteiger partial charge is 0.475 e. The average Bonchev–Trinajstić information content (AvgIpc) is 3.18. The number of aromatic amines is 1. The number of nitrogens with zero attached hydrogens (tertiary/aromatic N) is 1. The molecule has 0 saturated heterocycles. The van der Waals surface area contributed by atoms with Crippen LogP contribution >= 0.6 is 11.3 Å². The minimum absolute atomic E-state index is 0.134. The molecule has 1 aliphatic rings. The van der Waals surface area contributed by atoms with Crippen molar-refractivity contribution in [3.63, 3.8) is 0 Å². The lowest BCUT2D eigenvalue weighted by Gasteiger charge is -2.41. The first-order valence-electron chi connectivity index (χ1n) is 9.18. The number of thiophene rings is 1. The van der Waals surface area contributed by atoms with Crippen LogP contribution in [0, 0.1) is 0 Å². The predicted molar refractivity (Wildman–Crippen MR) is 109 cm³/mol. The van der Waals surface area contributed by atoms with Gasteiger partial charge in [-0.2, -0.15) is 5.10 Å². The van der Waals surface area contributed by atoms with E-state index < -0.39 is 23.0 Å². The molecule has 2 aromatic rings. The van der Waals surface area contributed by atoms with Crippen LogP contribution in [0.25, 0.3) is 0 Å². The number of ether oxygens (including phenoxy) is 3. The van der Waals surface area contributed by atoms with Crippen LogP contribution in [0.2, 0.25) is 0 Å². The summed E-state index contributed by atoms with van der Waals surface area (Å²) in [6.07, 6.45) is 0.524. The van der Waals surface area contributed by atoms with Crippen LogP contribution in [-0.4, -0.2) is 47.9 Å². The summed E-state index contributed by atoms with van der Waals surface area (Å²) < 4.78 is 16.5. The van der Waals surface area contributed by atoms with E-state index in [0.29, 0.717) is 36.1 Å². The summed E-state index contributed by atoms with van der Waals surface area (Å²) in [5, 5.41) is 9.77. The van der Waals surface area contributed by atoms with Gasteiger partial charge in [0.25, 0.3) is 11.8 Å². The second-order valence-electron chi connectivity index (χ2n) is 7.94. The van der Waals surface area contributed by atoms with Crippen molar-refractivity contribution in [2.75, 3.05) is 25.6 Å². The SMILES string of the molecule is COCCOc1cc(C(=O)Nc2sc3c(c2C(N)=O)CC(C)(C)OC3(C)C)n[nH]1. The molecule has 0 fully saturated rings. The first kappa shape index (κ1) is 21.3. The minimum atomic E-state index is -0.608. The Morgan fingerprint density at radius 1 is 1.34 bits per heavy atom. The molecule has 0 radical (unpaired) electrons. The van der Waals surface area contributed by atoms with Gasteiger partial charge in [0.05, 0.1) is 23.4 Å². The van der Waals surface area contributed by atoms with Gasteiger partial charge in [-0.15, -0.1) is 11.3 Å². The lowest BCUT2D eigenvalue weighted by Crippen LogP contribution is -2.42. The number of H-pyrrole nitrogens is 1. The zero-order chi connectivity index (χ0) is 21.4. The highest BCUT2D eigenvalue weighted by Gasteiger charge is 2.43. The molecule has 1 aliphatic heterocycles. The summed E-state index contributed by atoms with van der Waals surface area (Å²) in [4.78, 5) is 25.8. The highest BCUT2D eigenvalue weighted by molar-refractivity contribution is 7.17. The Labute approximate surface area is 172 Å². The van der Waals surface area contributed by atoms with Crippen LogP contribution in [0.15, 0.2) is 6.07 Å². The van der Waals surface area contributed by atoms with Gasteiger partial charge in [-0.3, -0.25) is 9.59 Å². The molecule has 0 atom stereocenters. The van der Waals surface area contributed by atoms with E-state index in [0.717, 1.165) is 10.4 Å². The Morgan fingerprint density at radius 3 is 2.72 bits per heavy atom. The normalized spacial score (nSPS) is 16.9. The van der Waals surface area contributed by atoms with Gasteiger partial charge < -0.3 is 25.3 Å². The number of aromatic nitrogens is 2. The van der Waals surface area contributed by atoms with Crippen molar-refractivity contribution >= 4 is 28.2 Å². The van der Waals surface area contributed by atoms with Crippen molar-refractivity contribution in [1.82, 2.24) is 10.2 Å². The number of primary amides is 1. The number of rotatable bonds is 7. The average molecular weight is 423 g/mol. The number of carbonyl (C=O) groups is 2. The zero-order valence-corrected chi connectivity index (χ0v) is 18.0. The molecule has 0 aliphatic carbocycles. The van der Waals surface area contributed by atoms with Crippen molar-refractivity contribution in [1.29, 1.82) is 0 Å². The Balaban J connectivity index is 1.87. The number of carbonyl (C=O) groups excluding carboxylic acids is 2. The van der Waals surface area contributed by atoms with Gasteiger partial charge in [0.2, 0.25) is 5.88 Å². The molecular weight excluding hydrogens is 396 g/mol. The minimum Gasteiger partial charge on any atom is -0.475 e. The maximum atomic E-state index is 12.7. The van der Waals surface area contributed by atoms with Crippen LogP contribution in [0.4, 0.5) is 5.00 Å². The summed E-state index contributed by atoms with van der Waals surface area (Å²) in [7, 11) is 1.57. The number of methoxy groups -OCH3 is 1. The maximum Gasteiger partial charge on any atom is 0.276 e. The Hall–Kier alpha value is -2.43. The number of hydrogen-bond acceptors (Lipinski definition) is 7. The predicted octanol–water partition coefficient (Wildman–Crippen LogP) is 2.43. The van der Waals surface area contributed by atoms with Gasteiger partial charge in [0, 0.05) is 24.5 Å². The molecule has 0 spiro atoms. The molecule has 10 heteroatoms. The number of amides is 2. The Kier molecular flexibility index (Phi) is 5.70. The fourth-order valence-corrected chi connectivity index (χ4v) is 4.82. The van der Waals surface area contributed by atoms with Crippen LogP contribution in [-0.2, 0) is 21.5 Å². The first-order chi connectivity index (χ1) is 13.5. The monoisotopic (exact) mass is 422 g/mol. The van der Waals surface area contributed by atoms with Crippen molar-refractivity contribution in [3.8, 4) is 5.88 Å². The van der Waals surface area contributed by atoms with Gasteiger partial charge in [-0.1, -0.05) is 0 Å². The van der Waals surface area contributed by atoms with Gasteiger partial charge in [-0.25, -0.2) is 5.10 Å².